The van der Waals surface area contributed by atoms with Crippen LogP contribution in [0, 0.1) is 0 Å². The number of benzene rings is 1. The van der Waals surface area contributed by atoms with Gasteiger partial charge >= 0.3 is 0 Å². The van der Waals surface area contributed by atoms with Gasteiger partial charge in [-0.15, -0.1) is 24.8 Å². The first-order valence-electron chi connectivity index (χ1n) is 5.00. The molecule has 0 aliphatic heterocycles. The number of likely N-dealkylation sites (N-methyl/N-ethyl adjacent to an activating group) is 1. The number of methoxy groups -OCH3 is 1. The Kier molecular flexibility index (Phi) is 6.95. The monoisotopic (exact) mass is 277 g/mol. The van der Waals surface area contributed by atoms with Crippen molar-refractivity contribution in [3.63, 3.8) is 0 Å². The van der Waals surface area contributed by atoms with Gasteiger partial charge in [-0.1, -0.05) is 0 Å². The van der Waals surface area contributed by atoms with Gasteiger partial charge in [0.2, 0.25) is 0 Å². The molecule has 17 heavy (non-hydrogen) atoms. The van der Waals surface area contributed by atoms with Crippen molar-refractivity contribution in [3.05, 3.63) is 24.0 Å². The number of aromatic amines is 1. The van der Waals surface area contributed by atoms with Crippen LogP contribution in [0.15, 0.2) is 18.2 Å². The molecule has 2 rings (SSSR count). The predicted molar refractivity (Wildman–Crippen MR) is 74.8 cm³/mol. The smallest absolute Gasteiger partial charge is 0.121 e. The third-order valence-corrected chi connectivity index (χ3v) is 2.35. The summed E-state index contributed by atoms with van der Waals surface area (Å²) in [6, 6.07) is 5.85. The molecule has 0 saturated heterocycles. The van der Waals surface area contributed by atoms with E-state index in [1.807, 2.05) is 25.2 Å². The van der Waals surface area contributed by atoms with Crippen molar-refractivity contribution in [2.24, 2.45) is 0 Å². The van der Waals surface area contributed by atoms with Gasteiger partial charge in [-0.3, -0.25) is 0 Å². The summed E-state index contributed by atoms with van der Waals surface area (Å²) in [7, 11) is 3.60. The number of ether oxygens (including phenoxy) is 1. The largest absolute Gasteiger partial charge is 0.497 e. The maximum absolute atomic E-state index is 5.15. The Morgan fingerprint density at radius 3 is 2.76 bits per heavy atom. The topological polar surface area (TPSA) is 49.9 Å². The van der Waals surface area contributed by atoms with E-state index in [1.165, 1.54) is 0 Å². The molecule has 6 heteroatoms. The SMILES string of the molecule is CNCCc1nc2ccc(OC)cc2[nH]1.Cl.Cl. The molecule has 0 fully saturated rings. The second-order valence-electron chi connectivity index (χ2n) is 3.42. The minimum Gasteiger partial charge on any atom is -0.497 e. The standard InChI is InChI=1S/C11H15N3O.2ClH/c1-12-6-5-11-13-9-4-3-8(15-2)7-10(9)14-11;;/h3-4,7,12H,5-6H2,1-2H3,(H,13,14);2*1H. The Hall–Kier alpha value is -0.970. The summed E-state index contributed by atoms with van der Waals surface area (Å²) >= 11 is 0. The van der Waals surface area contributed by atoms with Gasteiger partial charge < -0.3 is 15.0 Å². The van der Waals surface area contributed by atoms with E-state index in [4.69, 9.17) is 4.74 Å². The number of rotatable bonds is 4. The number of H-pyrrole nitrogens is 1. The van der Waals surface area contributed by atoms with E-state index in [9.17, 15) is 0 Å². The molecule has 0 saturated carbocycles. The van der Waals surface area contributed by atoms with Crippen LogP contribution in [0.1, 0.15) is 5.82 Å². The molecule has 2 aromatic rings. The zero-order valence-corrected chi connectivity index (χ0v) is 11.5. The molecule has 1 aromatic carbocycles. The molecule has 0 aliphatic rings. The Balaban J connectivity index is 0.00000128. The van der Waals surface area contributed by atoms with Crippen molar-refractivity contribution in [2.75, 3.05) is 20.7 Å². The van der Waals surface area contributed by atoms with Gasteiger partial charge in [-0.05, 0) is 19.2 Å². The van der Waals surface area contributed by atoms with Gasteiger partial charge in [0.25, 0.3) is 0 Å². The van der Waals surface area contributed by atoms with Gasteiger partial charge in [0.05, 0.1) is 18.1 Å². The van der Waals surface area contributed by atoms with Crippen molar-refractivity contribution in [1.82, 2.24) is 15.3 Å². The van der Waals surface area contributed by atoms with Crippen molar-refractivity contribution in [3.8, 4) is 5.75 Å². The van der Waals surface area contributed by atoms with Gasteiger partial charge in [-0.25, -0.2) is 4.98 Å². The zero-order chi connectivity index (χ0) is 10.7. The van der Waals surface area contributed by atoms with Crippen LogP contribution >= 0.6 is 24.8 Å². The van der Waals surface area contributed by atoms with E-state index < -0.39 is 0 Å². The lowest BCUT2D eigenvalue weighted by Crippen LogP contribution is -2.10. The number of halogens is 2. The van der Waals surface area contributed by atoms with Gasteiger partial charge in [0.1, 0.15) is 11.6 Å². The van der Waals surface area contributed by atoms with Crippen LogP contribution in [-0.4, -0.2) is 30.7 Å². The minimum absolute atomic E-state index is 0. The third-order valence-electron chi connectivity index (χ3n) is 2.35. The number of hydrogen-bond donors (Lipinski definition) is 2. The third kappa shape index (κ3) is 3.77. The van der Waals surface area contributed by atoms with Crippen molar-refractivity contribution in [2.45, 2.75) is 6.42 Å². The predicted octanol–water partition coefficient (Wildman–Crippen LogP) is 2.18. The summed E-state index contributed by atoms with van der Waals surface area (Å²) < 4.78 is 5.15. The average molecular weight is 278 g/mol. The molecule has 2 N–H and O–H groups in total. The van der Waals surface area contributed by atoms with E-state index >= 15 is 0 Å². The number of hydrogen-bond acceptors (Lipinski definition) is 3. The molecule has 0 amide bonds. The van der Waals surface area contributed by atoms with Gasteiger partial charge in [0, 0.05) is 19.0 Å². The highest BCUT2D eigenvalue weighted by Crippen LogP contribution is 2.18. The Bertz CT molecular complexity index is 459. The molecule has 0 atom stereocenters. The number of imidazole rings is 1. The van der Waals surface area contributed by atoms with Crippen LogP contribution in [0.4, 0.5) is 0 Å². The zero-order valence-electron chi connectivity index (χ0n) is 9.82. The first-order valence-corrected chi connectivity index (χ1v) is 5.00. The Morgan fingerprint density at radius 2 is 2.12 bits per heavy atom. The van der Waals surface area contributed by atoms with E-state index in [1.54, 1.807) is 7.11 Å². The molecule has 4 nitrogen and oxygen atoms in total. The van der Waals surface area contributed by atoms with Crippen LogP contribution in [0.3, 0.4) is 0 Å². The summed E-state index contributed by atoms with van der Waals surface area (Å²) in [5, 5.41) is 3.10. The molecule has 0 spiro atoms. The van der Waals surface area contributed by atoms with Crippen molar-refractivity contribution < 1.29 is 4.74 Å². The van der Waals surface area contributed by atoms with Crippen LogP contribution in [0.25, 0.3) is 11.0 Å². The summed E-state index contributed by atoms with van der Waals surface area (Å²) in [6.07, 6.45) is 0.910. The minimum atomic E-state index is 0. The van der Waals surface area contributed by atoms with E-state index in [0.717, 1.165) is 35.6 Å². The Morgan fingerprint density at radius 1 is 1.35 bits per heavy atom. The average Bonchev–Trinajstić information content (AvgIpc) is 2.67. The normalized spacial score (nSPS) is 9.53. The van der Waals surface area contributed by atoms with E-state index in [2.05, 4.69) is 15.3 Å². The highest BCUT2D eigenvalue weighted by atomic mass is 35.5. The van der Waals surface area contributed by atoms with Gasteiger partial charge in [-0.2, -0.15) is 0 Å². The van der Waals surface area contributed by atoms with Crippen LogP contribution in [0.2, 0.25) is 0 Å². The quantitative estimate of drug-likeness (QED) is 0.901. The summed E-state index contributed by atoms with van der Waals surface area (Å²) in [5.74, 6) is 1.86. The first kappa shape index (κ1) is 16.0. The fourth-order valence-corrected chi connectivity index (χ4v) is 1.53. The maximum atomic E-state index is 5.15. The second kappa shape index (κ2) is 7.37. The molecule has 0 radical (unpaired) electrons. The fourth-order valence-electron chi connectivity index (χ4n) is 1.53. The van der Waals surface area contributed by atoms with Crippen molar-refractivity contribution in [1.29, 1.82) is 0 Å². The van der Waals surface area contributed by atoms with Crippen LogP contribution in [0.5, 0.6) is 5.75 Å². The maximum Gasteiger partial charge on any atom is 0.121 e. The summed E-state index contributed by atoms with van der Waals surface area (Å²) in [6.45, 7) is 0.928. The van der Waals surface area contributed by atoms with E-state index in [0.29, 0.717) is 0 Å². The second-order valence-corrected chi connectivity index (χ2v) is 3.42. The number of nitrogens with zero attached hydrogens (tertiary/aromatic N) is 1. The van der Waals surface area contributed by atoms with E-state index in [-0.39, 0.29) is 24.8 Å². The van der Waals surface area contributed by atoms with Gasteiger partial charge in [0.15, 0.2) is 0 Å². The number of aromatic nitrogens is 2. The number of nitrogens with one attached hydrogen (secondary N) is 2. The molecule has 0 unspecified atom stereocenters. The summed E-state index contributed by atoms with van der Waals surface area (Å²) in [5.41, 5.74) is 2.02. The molecule has 96 valence electrons. The lowest BCUT2D eigenvalue weighted by atomic mass is 10.3. The molecular weight excluding hydrogens is 261 g/mol. The molecule has 1 aromatic heterocycles. The molecular formula is C11H17Cl2N3O. The highest BCUT2D eigenvalue weighted by molar-refractivity contribution is 5.85. The van der Waals surface area contributed by atoms with Crippen LogP contribution < -0.4 is 10.1 Å². The lowest BCUT2D eigenvalue weighted by Gasteiger charge is -1.96. The molecule has 1 heterocycles. The highest BCUT2D eigenvalue weighted by Gasteiger charge is 2.03. The van der Waals surface area contributed by atoms with Crippen molar-refractivity contribution >= 4 is 35.8 Å². The van der Waals surface area contributed by atoms with Crippen LogP contribution in [-0.2, 0) is 6.42 Å². The molecule has 0 bridgehead atoms. The molecule has 0 aliphatic carbocycles. The Labute approximate surface area is 113 Å². The fraction of sp³-hybridized carbons (Fsp3) is 0.364. The summed E-state index contributed by atoms with van der Waals surface area (Å²) in [4.78, 5) is 7.75. The lowest BCUT2D eigenvalue weighted by molar-refractivity contribution is 0.415. The number of fused-ring (bicyclic) bond motifs is 1. The first-order chi connectivity index (χ1) is 7.33.